The number of benzene rings is 4. The number of nitrogens with two attached hydrogens (primary N) is 2. The molecule has 0 spiro atoms. The van der Waals surface area contributed by atoms with Crippen molar-refractivity contribution in [1.29, 1.82) is 0 Å². The number of hydrogen-bond donors (Lipinski definition) is 3. The van der Waals surface area contributed by atoms with E-state index >= 15 is 0 Å². The molecule has 4 aromatic rings. The number of hydrogen-bond acceptors (Lipinski definition) is 3. The van der Waals surface area contributed by atoms with E-state index in [2.05, 4.69) is 76.9 Å². The summed E-state index contributed by atoms with van der Waals surface area (Å²) in [7, 11) is 8.71. The Balaban J connectivity index is 0.000000272. The molecule has 0 heterocycles. The van der Waals surface area contributed by atoms with Gasteiger partial charge in [0, 0.05) is 39.1 Å². The Morgan fingerprint density at radius 1 is 0.610 bits per heavy atom. The van der Waals surface area contributed by atoms with Crippen LogP contribution in [0.3, 0.4) is 0 Å². The van der Waals surface area contributed by atoms with Gasteiger partial charge in [-0.3, -0.25) is 0 Å². The second-order valence-electron chi connectivity index (χ2n) is 10.5. The first-order valence-electron chi connectivity index (χ1n) is 13.5. The molecular formula is C33H44Cl2N2P2RuS+4. The van der Waals surface area contributed by atoms with Gasteiger partial charge in [-0.2, -0.15) is 12.6 Å². The van der Waals surface area contributed by atoms with Crippen molar-refractivity contribution in [2.75, 3.05) is 26.7 Å². The topological polar surface area (TPSA) is 52.0 Å². The Labute approximate surface area is 271 Å². The van der Waals surface area contributed by atoms with Crippen LogP contribution in [0.2, 0.25) is 0 Å². The van der Waals surface area contributed by atoms with Crippen LogP contribution < -0.4 is 22.1 Å². The predicted octanol–water partition coefficient (Wildman–Crippen LogP) is 8.28. The summed E-state index contributed by atoms with van der Waals surface area (Å²) in [6, 6.07) is 33.3. The van der Waals surface area contributed by atoms with Crippen LogP contribution in [-0.2, 0) is 15.1 Å². The Morgan fingerprint density at radius 2 is 0.927 bits per heavy atom. The van der Waals surface area contributed by atoms with Crippen LogP contribution in [-0.4, -0.2) is 26.7 Å². The predicted molar refractivity (Wildman–Crippen MR) is 191 cm³/mol. The van der Waals surface area contributed by atoms with Gasteiger partial charge in [-0.25, -0.2) is 0 Å². The fraction of sp³-hybridized carbons (Fsp3) is 0.273. The summed E-state index contributed by atoms with van der Waals surface area (Å²) in [5, 5.41) is 3.24. The molecule has 0 bridgehead atoms. The van der Waals surface area contributed by atoms with E-state index in [0.717, 1.165) is 11.1 Å². The molecule has 2 unspecified atom stereocenters. The van der Waals surface area contributed by atoms with Crippen molar-refractivity contribution in [3.8, 4) is 0 Å². The zero-order chi connectivity index (χ0) is 30.5. The van der Waals surface area contributed by atoms with Crippen molar-refractivity contribution >= 4 is 58.5 Å². The molecule has 0 saturated heterocycles. The molecule has 0 radical (unpaired) electrons. The number of rotatable bonds is 7. The van der Waals surface area contributed by atoms with Gasteiger partial charge in [0.05, 0.1) is 42.5 Å². The fourth-order valence-corrected chi connectivity index (χ4v) is 7.95. The minimum atomic E-state index is -0.497. The van der Waals surface area contributed by atoms with E-state index in [0.29, 0.717) is 0 Å². The van der Waals surface area contributed by atoms with Gasteiger partial charge in [0.2, 0.25) is 0 Å². The van der Waals surface area contributed by atoms with Crippen molar-refractivity contribution in [2.45, 2.75) is 31.2 Å². The molecule has 41 heavy (non-hydrogen) atoms. The third-order valence-electron chi connectivity index (χ3n) is 6.84. The summed E-state index contributed by atoms with van der Waals surface area (Å²) in [6.45, 7) is 13.8. The van der Waals surface area contributed by atoms with Crippen molar-refractivity contribution in [3.05, 3.63) is 130 Å². The Kier molecular flexibility index (Phi) is 16.7. The molecule has 0 aliphatic carbocycles. The zero-order valence-electron chi connectivity index (χ0n) is 24.7. The van der Waals surface area contributed by atoms with Crippen molar-refractivity contribution in [2.24, 2.45) is 11.5 Å². The molecule has 220 valence electrons. The van der Waals surface area contributed by atoms with E-state index in [1.165, 1.54) is 32.9 Å². The van der Waals surface area contributed by atoms with Crippen LogP contribution in [0.1, 0.15) is 50.7 Å². The first kappa shape index (κ1) is 36.4. The standard InChI is InChI=1S/C19H26P2S.C14H16N2.2ClH.Ru/c1-13-7-9-15(17(11-13)20(3)4)19(22)16-10-8-14(2)12-18(16)21(5)6;15-13(11-7-3-1-4-8-11)14(16)12-9-5-2-6-10-12;;;/h7-12,19,22H,1-6H3;1-10,13-14H,15-16H2;2*1H;/q;;;;+4. The van der Waals surface area contributed by atoms with Crippen LogP contribution in [0.4, 0.5) is 0 Å². The van der Waals surface area contributed by atoms with Crippen LogP contribution in [0, 0.1) is 13.8 Å². The Hall–Kier alpha value is -0.787. The van der Waals surface area contributed by atoms with E-state index in [-0.39, 0.29) is 32.5 Å². The second kappa shape index (κ2) is 18.8. The number of halogens is 2. The average molecular weight is 735 g/mol. The summed E-state index contributed by atoms with van der Waals surface area (Å²) >= 11 is 4.69. The zero-order valence-corrected chi connectivity index (χ0v) is 30.8. The molecular weight excluding hydrogens is 690 g/mol. The molecule has 4 aromatic carbocycles. The van der Waals surface area contributed by atoms with E-state index in [9.17, 15) is 0 Å². The summed E-state index contributed by atoms with van der Waals surface area (Å²) in [5.74, 6) is 0. The Morgan fingerprint density at radius 3 is 1.22 bits per heavy atom. The monoisotopic (exact) mass is 734 g/mol. The molecule has 0 aliphatic rings. The van der Waals surface area contributed by atoms with Gasteiger partial charge in [0.1, 0.15) is 0 Å². The van der Waals surface area contributed by atoms with E-state index in [1.807, 2.05) is 60.7 Å². The van der Waals surface area contributed by atoms with Crippen molar-refractivity contribution in [3.63, 3.8) is 0 Å². The molecule has 2 atom stereocenters. The quantitative estimate of drug-likeness (QED) is 0.102. The fourth-order valence-electron chi connectivity index (χ4n) is 4.62. The van der Waals surface area contributed by atoms with Gasteiger partial charge in [0.15, 0.2) is 0 Å². The Bertz CT molecular complexity index is 1230. The molecule has 2 nitrogen and oxygen atoms in total. The van der Waals surface area contributed by atoms with E-state index in [4.69, 9.17) is 43.5 Å². The summed E-state index contributed by atoms with van der Waals surface area (Å²) in [4.78, 5) is 0. The normalized spacial score (nSPS) is 12.3. The molecule has 4 N–H and O–H groups in total. The number of aryl methyl sites for hydroxylation is 2. The van der Waals surface area contributed by atoms with Crippen molar-refractivity contribution < 1.29 is 15.1 Å². The summed E-state index contributed by atoms with van der Waals surface area (Å²) in [6.07, 6.45) is 0. The van der Waals surface area contributed by atoms with Gasteiger partial charge >= 0.3 is 34.5 Å². The van der Waals surface area contributed by atoms with Gasteiger partial charge in [-0.05, 0) is 48.2 Å². The van der Waals surface area contributed by atoms with Gasteiger partial charge in [-0.1, -0.05) is 84.9 Å². The van der Waals surface area contributed by atoms with E-state index in [1.54, 1.807) is 0 Å². The van der Waals surface area contributed by atoms with Gasteiger partial charge < -0.3 is 11.5 Å². The van der Waals surface area contributed by atoms with E-state index < -0.39 is 15.8 Å². The summed E-state index contributed by atoms with van der Waals surface area (Å²) in [5.41, 5.74) is 19.9. The first-order chi connectivity index (χ1) is 19.5. The number of thiol groups is 1. The van der Waals surface area contributed by atoms with Crippen LogP contribution >= 0.6 is 47.9 Å². The van der Waals surface area contributed by atoms with Crippen LogP contribution in [0.5, 0.6) is 0 Å². The minimum absolute atomic E-state index is 0.163. The summed E-state index contributed by atoms with van der Waals surface area (Å²) < 4.78 is 0. The third kappa shape index (κ3) is 11.3. The second-order valence-corrected chi connectivity index (χ2v) is 18.7. The molecule has 4 rings (SSSR count). The molecule has 0 saturated carbocycles. The first-order valence-corrected chi connectivity index (χ1v) is 23.5. The molecule has 0 fully saturated rings. The maximum atomic E-state index is 6.15. The molecule has 0 aliphatic heterocycles. The molecule has 0 amide bonds. The van der Waals surface area contributed by atoms with Crippen LogP contribution in [0.25, 0.3) is 0 Å². The van der Waals surface area contributed by atoms with Crippen molar-refractivity contribution in [1.82, 2.24) is 0 Å². The maximum absolute atomic E-state index is 6.15. The molecule has 0 aromatic heterocycles. The third-order valence-corrected chi connectivity index (χ3v) is 10.4. The van der Waals surface area contributed by atoms with Gasteiger partial charge in [0.25, 0.3) is 0 Å². The average Bonchev–Trinajstić information content (AvgIpc) is 2.97. The van der Waals surface area contributed by atoms with Gasteiger partial charge in [-0.15, -0.1) is 0 Å². The van der Waals surface area contributed by atoms with Crippen LogP contribution in [0.15, 0.2) is 97.1 Å². The molecule has 8 heteroatoms. The SMILES string of the molecule is Cc1ccc(C(S)c2ccc(C)cc2[PH+](C)C)c([PH+](C)C)c1.NC(c1ccccc1)C(N)c1ccccc1.[Cl][Ru+2][Cl].